The molecular weight excluding hydrogens is 512 g/mol. The van der Waals surface area contributed by atoms with Crippen molar-refractivity contribution in [1.29, 1.82) is 0 Å². The normalized spacial score (nSPS) is 23.5. The number of benzene rings is 2. The molecule has 2 saturated heterocycles. The predicted molar refractivity (Wildman–Crippen MR) is 153 cm³/mol. The van der Waals surface area contributed by atoms with E-state index in [0.717, 1.165) is 16.7 Å². The number of carbonyl (C=O) groups excluding carboxylic acids is 2. The monoisotopic (exact) mass is 554 g/mol. The van der Waals surface area contributed by atoms with Gasteiger partial charge in [0.15, 0.2) is 8.32 Å². The highest BCUT2D eigenvalue weighted by Gasteiger charge is 2.57. The smallest absolute Gasteiger partial charge is 0.326 e. The quantitative estimate of drug-likeness (QED) is 0.331. The van der Waals surface area contributed by atoms with Crippen molar-refractivity contribution >= 4 is 20.2 Å². The summed E-state index contributed by atoms with van der Waals surface area (Å²) in [6.07, 6.45) is -0.529. The highest BCUT2D eigenvalue weighted by Crippen LogP contribution is 2.42. The lowest BCUT2D eigenvalue weighted by molar-refractivity contribution is -0.195. The molecule has 8 nitrogen and oxygen atoms in total. The van der Waals surface area contributed by atoms with Gasteiger partial charge in [-0.3, -0.25) is 14.4 Å². The van der Waals surface area contributed by atoms with Crippen LogP contribution in [0.5, 0.6) is 5.75 Å². The highest BCUT2D eigenvalue weighted by molar-refractivity contribution is 6.74. The van der Waals surface area contributed by atoms with Crippen LogP contribution in [-0.4, -0.2) is 76.2 Å². The number of esters is 1. The Kier molecular flexibility index (Phi) is 8.28. The Hall–Kier alpha value is -2.72. The van der Waals surface area contributed by atoms with Crippen molar-refractivity contribution in [2.24, 2.45) is 5.92 Å². The number of hydrogen-bond acceptors (Lipinski definition) is 7. The number of methoxy groups -OCH3 is 1. The molecule has 0 aromatic heterocycles. The van der Waals surface area contributed by atoms with Crippen molar-refractivity contribution < 1.29 is 28.3 Å². The fourth-order valence-electron chi connectivity index (χ4n) is 5.05. The van der Waals surface area contributed by atoms with Crippen LogP contribution in [0.15, 0.2) is 42.5 Å². The second kappa shape index (κ2) is 11.0. The molecule has 2 aliphatic rings. The molecule has 4 rings (SSSR count). The number of fused-ring (bicyclic) bond motifs is 1. The SMILES string of the molecule is COc1c(CN2O[C@@H](CO[Si](C)(C)C(C)(C)C)[C@H]3[C@H](C)OC(=O)[C@H]32)cccc1-c1ccc(C(=O)N(C)C)cc1. The lowest BCUT2D eigenvalue weighted by atomic mass is 9.92. The van der Waals surface area contributed by atoms with Crippen molar-refractivity contribution in [2.45, 2.75) is 70.6 Å². The average Bonchev–Trinajstić information content (AvgIpc) is 3.39. The minimum Gasteiger partial charge on any atom is -0.496 e. The number of para-hydroxylation sites is 1. The number of hydroxylamine groups is 2. The van der Waals surface area contributed by atoms with E-state index in [1.165, 1.54) is 0 Å². The molecule has 212 valence electrons. The first-order chi connectivity index (χ1) is 18.2. The summed E-state index contributed by atoms with van der Waals surface area (Å²) >= 11 is 0. The lowest BCUT2D eigenvalue weighted by Crippen LogP contribution is -2.44. The molecular formula is C30H42N2O6Si. The summed E-state index contributed by atoms with van der Waals surface area (Å²) in [5.74, 6) is 0.273. The second-order valence-electron chi connectivity index (χ2n) is 12.2. The van der Waals surface area contributed by atoms with Gasteiger partial charge in [0.05, 0.1) is 26.2 Å². The van der Waals surface area contributed by atoms with E-state index < -0.39 is 14.4 Å². The van der Waals surface area contributed by atoms with Gasteiger partial charge in [0.1, 0.15) is 24.0 Å². The molecule has 2 heterocycles. The fraction of sp³-hybridized carbons (Fsp3) is 0.533. The highest BCUT2D eigenvalue weighted by atomic mass is 28.4. The number of hydrogen-bond donors (Lipinski definition) is 0. The molecule has 9 heteroatoms. The first-order valence-electron chi connectivity index (χ1n) is 13.5. The van der Waals surface area contributed by atoms with Crippen molar-refractivity contribution in [1.82, 2.24) is 9.96 Å². The summed E-state index contributed by atoms with van der Waals surface area (Å²) in [6.45, 7) is 13.8. The van der Waals surface area contributed by atoms with Crippen LogP contribution in [0, 0.1) is 5.92 Å². The molecule has 39 heavy (non-hydrogen) atoms. The van der Waals surface area contributed by atoms with Gasteiger partial charge in [-0.2, -0.15) is 5.06 Å². The molecule has 0 N–H and O–H groups in total. The van der Waals surface area contributed by atoms with E-state index in [1.54, 1.807) is 31.2 Å². The number of nitrogens with zero attached hydrogens (tertiary/aromatic N) is 2. The summed E-state index contributed by atoms with van der Waals surface area (Å²) in [5.41, 5.74) is 3.34. The molecule has 1 amide bonds. The number of carbonyl (C=O) groups is 2. The van der Waals surface area contributed by atoms with Gasteiger partial charge in [0, 0.05) is 30.8 Å². The van der Waals surface area contributed by atoms with Gasteiger partial charge in [-0.05, 0) is 42.8 Å². The Morgan fingerprint density at radius 3 is 2.36 bits per heavy atom. The summed E-state index contributed by atoms with van der Waals surface area (Å²) in [5, 5.41) is 1.82. The van der Waals surface area contributed by atoms with E-state index in [0.29, 0.717) is 24.5 Å². The lowest BCUT2D eigenvalue weighted by Gasteiger charge is -2.37. The molecule has 0 spiro atoms. The number of rotatable bonds is 8. The topological polar surface area (TPSA) is 77.5 Å². The molecule has 0 radical (unpaired) electrons. The third-order valence-corrected chi connectivity index (χ3v) is 12.9. The summed E-state index contributed by atoms with van der Waals surface area (Å²) in [6, 6.07) is 12.9. The van der Waals surface area contributed by atoms with E-state index in [2.05, 4.69) is 33.9 Å². The maximum absolute atomic E-state index is 12.9. The van der Waals surface area contributed by atoms with Crippen molar-refractivity contribution in [3.05, 3.63) is 53.6 Å². The minimum atomic E-state index is -2.00. The third-order valence-electron chi connectivity index (χ3n) is 8.35. The molecule has 0 aliphatic carbocycles. The molecule has 2 aliphatic heterocycles. The van der Waals surface area contributed by atoms with E-state index >= 15 is 0 Å². The average molecular weight is 555 g/mol. The zero-order chi connectivity index (χ0) is 28.7. The molecule has 0 saturated carbocycles. The Balaban J connectivity index is 1.58. The van der Waals surface area contributed by atoms with Gasteiger partial charge in [0.25, 0.3) is 5.91 Å². The largest absolute Gasteiger partial charge is 0.496 e. The summed E-state index contributed by atoms with van der Waals surface area (Å²) < 4.78 is 18.0. The van der Waals surface area contributed by atoms with Gasteiger partial charge in [-0.25, -0.2) is 0 Å². The zero-order valence-corrected chi connectivity index (χ0v) is 25.6. The molecule has 4 atom stereocenters. The van der Waals surface area contributed by atoms with Gasteiger partial charge in [-0.1, -0.05) is 51.1 Å². The zero-order valence-electron chi connectivity index (χ0n) is 24.6. The van der Waals surface area contributed by atoms with Crippen LogP contribution >= 0.6 is 0 Å². The van der Waals surface area contributed by atoms with Crippen molar-refractivity contribution in [3.8, 4) is 16.9 Å². The Morgan fingerprint density at radius 1 is 1.10 bits per heavy atom. The maximum Gasteiger partial charge on any atom is 0.326 e. The number of cyclic esters (lactones) is 1. The first-order valence-corrected chi connectivity index (χ1v) is 16.4. The Labute approximate surface area is 233 Å². The number of amides is 1. The van der Waals surface area contributed by atoms with Crippen LogP contribution in [0.1, 0.15) is 43.6 Å². The fourth-order valence-corrected chi connectivity index (χ4v) is 6.06. The second-order valence-corrected chi connectivity index (χ2v) is 17.0. The van der Waals surface area contributed by atoms with Gasteiger partial charge >= 0.3 is 5.97 Å². The van der Waals surface area contributed by atoms with E-state index in [9.17, 15) is 9.59 Å². The van der Waals surface area contributed by atoms with Crippen LogP contribution in [0.25, 0.3) is 11.1 Å². The predicted octanol–water partition coefficient (Wildman–Crippen LogP) is 5.13. The van der Waals surface area contributed by atoms with E-state index in [-0.39, 0.29) is 35.0 Å². The molecule has 2 aromatic rings. The molecule has 2 fully saturated rings. The Bertz CT molecular complexity index is 1210. The van der Waals surface area contributed by atoms with Gasteiger partial charge < -0.3 is 18.8 Å². The van der Waals surface area contributed by atoms with E-state index in [1.807, 2.05) is 49.4 Å². The van der Waals surface area contributed by atoms with Crippen molar-refractivity contribution in [3.63, 3.8) is 0 Å². The van der Waals surface area contributed by atoms with Gasteiger partial charge in [-0.15, -0.1) is 0 Å². The van der Waals surface area contributed by atoms with Crippen LogP contribution in [0.2, 0.25) is 18.1 Å². The van der Waals surface area contributed by atoms with Crippen LogP contribution in [0.3, 0.4) is 0 Å². The van der Waals surface area contributed by atoms with Crippen LogP contribution < -0.4 is 4.74 Å². The molecule has 0 bridgehead atoms. The van der Waals surface area contributed by atoms with Gasteiger partial charge in [0.2, 0.25) is 0 Å². The van der Waals surface area contributed by atoms with Crippen molar-refractivity contribution in [2.75, 3.05) is 27.8 Å². The maximum atomic E-state index is 12.9. The summed E-state index contributed by atoms with van der Waals surface area (Å²) in [4.78, 5) is 33.2. The molecule has 0 unspecified atom stereocenters. The van der Waals surface area contributed by atoms with E-state index in [4.69, 9.17) is 18.7 Å². The standard InChI is InChI=1S/C30H42N2O6Si/c1-19-25-24(18-36-39(8,9)30(2,3)4)38-32(26(25)29(34)37-19)17-22-11-10-12-23(27(22)35-7)20-13-15-21(16-14-20)28(33)31(5)6/h10-16,19,24-26H,17-18H2,1-9H3/t19-,24-,25+,26-/m0/s1. The van der Waals surface area contributed by atoms with Crippen LogP contribution in [0.4, 0.5) is 0 Å². The van der Waals surface area contributed by atoms with Crippen LogP contribution in [-0.2, 0) is 25.3 Å². The Morgan fingerprint density at radius 2 is 1.77 bits per heavy atom. The molecule has 2 aromatic carbocycles. The summed E-state index contributed by atoms with van der Waals surface area (Å²) in [7, 11) is 3.11. The number of ether oxygens (including phenoxy) is 2. The minimum absolute atomic E-state index is 0.0484. The first kappa shape index (κ1) is 29.3. The third kappa shape index (κ3) is 5.77.